The molecular weight excluding hydrogens is 429 g/mol. The van der Waals surface area contributed by atoms with Crippen molar-refractivity contribution in [3.05, 3.63) is 35.7 Å². The lowest BCUT2D eigenvalue weighted by molar-refractivity contribution is 0.423. The smallest absolute Gasteiger partial charge is 0.257 e. The summed E-state index contributed by atoms with van der Waals surface area (Å²) in [5, 5.41) is 7.06. The zero-order chi connectivity index (χ0) is 17.4. The van der Waals surface area contributed by atoms with Gasteiger partial charge in [0.1, 0.15) is 0 Å². The predicted molar refractivity (Wildman–Crippen MR) is 112 cm³/mol. The Morgan fingerprint density at radius 2 is 2.00 bits per heavy atom. The lowest BCUT2D eigenvalue weighted by Gasteiger charge is -2.07. The van der Waals surface area contributed by atoms with E-state index in [-0.39, 0.29) is 24.0 Å². The fourth-order valence-corrected chi connectivity index (χ4v) is 2.16. The highest BCUT2D eigenvalue weighted by molar-refractivity contribution is 14.0. The Balaban J connectivity index is 0.00000312. The van der Waals surface area contributed by atoms with Gasteiger partial charge in [-0.1, -0.05) is 38.1 Å². The number of halogens is 1. The van der Waals surface area contributed by atoms with Crippen molar-refractivity contribution in [1.29, 1.82) is 0 Å². The van der Waals surface area contributed by atoms with E-state index in [0.717, 1.165) is 43.7 Å². The van der Waals surface area contributed by atoms with Crippen LogP contribution in [0.1, 0.15) is 38.6 Å². The fourth-order valence-electron chi connectivity index (χ4n) is 2.16. The van der Waals surface area contributed by atoms with E-state index in [4.69, 9.17) is 10.3 Å². The Morgan fingerprint density at radius 3 is 2.60 bits per heavy atom. The van der Waals surface area contributed by atoms with Gasteiger partial charge in [-0.05, 0) is 36.5 Å². The summed E-state index contributed by atoms with van der Waals surface area (Å²) in [5.74, 6) is 2.46. The van der Waals surface area contributed by atoms with Gasteiger partial charge in [0.05, 0.1) is 0 Å². The molecule has 0 aliphatic heterocycles. The lowest BCUT2D eigenvalue weighted by atomic mass is 10.1. The van der Waals surface area contributed by atoms with Gasteiger partial charge in [-0.15, -0.1) is 24.0 Å². The summed E-state index contributed by atoms with van der Waals surface area (Å²) in [6.45, 7) is 7.90. The predicted octanol–water partition coefficient (Wildman–Crippen LogP) is 3.41. The van der Waals surface area contributed by atoms with E-state index < -0.39 is 0 Å². The first-order valence-corrected chi connectivity index (χ1v) is 8.54. The van der Waals surface area contributed by atoms with Gasteiger partial charge in [0.2, 0.25) is 0 Å². The fraction of sp³-hybridized carbons (Fsp3) is 0.500. The first kappa shape index (κ1) is 21.4. The molecule has 0 bridgehead atoms. The molecule has 0 saturated carbocycles. The molecule has 1 aromatic carbocycles. The third kappa shape index (κ3) is 7.41. The molecule has 7 heteroatoms. The summed E-state index contributed by atoms with van der Waals surface area (Å²) in [6, 6.07) is 8.14. The number of nitrogens with one attached hydrogen (secondary N) is 1. The van der Waals surface area contributed by atoms with Crippen LogP contribution in [-0.2, 0) is 12.8 Å². The minimum atomic E-state index is 0. The minimum Gasteiger partial charge on any atom is -0.370 e. The van der Waals surface area contributed by atoms with Crippen LogP contribution < -0.4 is 11.1 Å². The van der Waals surface area contributed by atoms with Gasteiger partial charge in [-0.3, -0.25) is 4.99 Å². The van der Waals surface area contributed by atoms with Crippen molar-refractivity contribution >= 4 is 29.9 Å². The minimum absolute atomic E-state index is 0. The van der Waals surface area contributed by atoms with Gasteiger partial charge in [-0.25, -0.2) is 0 Å². The summed E-state index contributed by atoms with van der Waals surface area (Å²) in [5.41, 5.74) is 8.01. The maximum absolute atomic E-state index is 5.85. The van der Waals surface area contributed by atoms with Crippen LogP contribution in [0.25, 0.3) is 11.5 Å². The number of nitrogens with two attached hydrogens (primary N) is 1. The van der Waals surface area contributed by atoms with Crippen molar-refractivity contribution in [3.8, 4) is 11.5 Å². The maximum atomic E-state index is 5.85. The third-order valence-corrected chi connectivity index (χ3v) is 3.69. The van der Waals surface area contributed by atoms with E-state index in [1.807, 2.05) is 19.1 Å². The van der Waals surface area contributed by atoms with Crippen LogP contribution in [0.15, 0.2) is 33.8 Å². The van der Waals surface area contributed by atoms with Crippen molar-refractivity contribution in [3.63, 3.8) is 0 Å². The van der Waals surface area contributed by atoms with Crippen LogP contribution in [0.2, 0.25) is 0 Å². The molecule has 0 aliphatic rings. The lowest BCUT2D eigenvalue weighted by Crippen LogP contribution is -2.33. The van der Waals surface area contributed by atoms with Crippen LogP contribution in [0, 0.1) is 5.92 Å². The molecule has 0 radical (unpaired) electrons. The number of aryl methyl sites for hydroxylation is 1. The second kappa shape index (κ2) is 11.1. The summed E-state index contributed by atoms with van der Waals surface area (Å²) < 4.78 is 5.24. The highest BCUT2D eigenvalue weighted by atomic mass is 127. The number of hydrogen-bond acceptors (Lipinski definition) is 4. The van der Waals surface area contributed by atoms with Gasteiger partial charge in [0.15, 0.2) is 11.8 Å². The SMILES string of the molecule is CCc1noc(-c2ccc(CCNC(N)=NCCC(C)C)cc2)n1.I. The molecule has 3 N–H and O–H groups in total. The molecular formula is C18H28IN5O. The molecule has 0 atom stereocenters. The number of guanidine groups is 1. The summed E-state index contributed by atoms with van der Waals surface area (Å²) >= 11 is 0. The highest BCUT2D eigenvalue weighted by Gasteiger charge is 2.07. The van der Waals surface area contributed by atoms with Crippen LogP contribution in [-0.4, -0.2) is 29.2 Å². The van der Waals surface area contributed by atoms with Crippen molar-refractivity contribution < 1.29 is 4.52 Å². The topological polar surface area (TPSA) is 89.3 Å². The average molecular weight is 457 g/mol. The van der Waals surface area contributed by atoms with Crippen molar-refractivity contribution in [2.24, 2.45) is 16.6 Å². The van der Waals surface area contributed by atoms with Gasteiger partial charge in [0.25, 0.3) is 5.89 Å². The molecule has 0 aliphatic carbocycles. The number of rotatable bonds is 8. The molecule has 25 heavy (non-hydrogen) atoms. The number of benzene rings is 1. The molecule has 0 saturated heterocycles. The Bertz CT molecular complexity index is 652. The van der Waals surface area contributed by atoms with Crippen LogP contribution in [0.4, 0.5) is 0 Å². The Morgan fingerprint density at radius 1 is 1.28 bits per heavy atom. The first-order valence-electron chi connectivity index (χ1n) is 8.54. The normalized spacial score (nSPS) is 11.4. The van der Waals surface area contributed by atoms with E-state index >= 15 is 0 Å². The second-order valence-electron chi connectivity index (χ2n) is 6.19. The Kier molecular flexibility index (Phi) is 9.48. The highest BCUT2D eigenvalue weighted by Crippen LogP contribution is 2.18. The van der Waals surface area contributed by atoms with E-state index in [9.17, 15) is 0 Å². The molecule has 1 heterocycles. The van der Waals surface area contributed by atoms with Gasteiger partial charge < -0.3 is 15.6 Å². The van der Waals surface area contributed by atoms with Crippen LogP contribution in [0.5, 0.6) is 0 Å². The maximum Gasteiger partial charge on any atom is 0.257 e. The van der Waals surface area contributed by atoms with Gasteiger partial charge in [0, 0.05) is 25.1 Å². The number of aromatic nitrogens is 2. The number of hydrogen-bond donors (Lipinski definition) is 2. The van der Waals surface area contributed by atoms with Crippen LogP contribution >= 0.6 is 24.0 Å². The monoisotopic (exact) mass is 457 g/mol. The van der Waals surface area contributed by atoms with E-state index in [2.05, 4.69) is 46.4 Å². The molecule has 2 rings (SSSR count). The third-order valence-electron chi connectivity index (χ3n) is 3.69. The summed E-state index contributed by atoms with van der Waals surface area (Å²) in [4.78, 5) is 8.65. The molecule has 0 unspecified atom stereocenters. The summed E-state index contributed by atoms with van der Waals surface area (Å²) in [6.07, 6.45) is 2.71. The molecule has 2 aromatic rings. The van der Waals surface area contributed by atoms with Crippen molar-refractivity contribution in [2.75, 3.05) is 13.1 Å². The zero-order valence-electron chi connectivity index (χ0n) is 15.2. The van der Waals surface area contributed by atoms with Gasteiger partial charge in [-0.2, -0.15) is 4.98 Å². The average Bonchev–Trinajstić information content (AvgIpc) is 3.04. The number of aliphatic imine (C=N–C) groups is 1. The quantitative estimate of drug-likeness (QED) is 0.360. The van der Waals surface area contributed by atoms with E-state index in [1.54, 1.807) is 0 Å². The molecule has 0 amide bonds. The van der Waals surface area contributed by atoms with Crippen LogP contribution in [0.3, 0.4) is 0 Å². The van der Waals surface area contributed by atoms with Gasteiger partial charge >= 0.3 is 0 Å². The van der Waals surface area contributed by atoms with E-state index in [1.165, 1.54) is 5.56 Å². The second-order valence-corrected chi connectivity index (χ2v) is 6.19. The Labute approximate surface area is 166 Å². The number of nitrogens with zero attached hydrogens (tertiary/aromatic N) is 3. The molecule has 138 valence electrons. The van der Waals surface area contributed by atoms with E-state index in [0.29, 0.717) is 17.8 Å². The largest absolute Gasteiger partial charge is 0.370 e. The molecule has 0 fully saturated rings. The molecule has 0 spiro atoms. The van der Waals surface area contributed by atoms with Crippen molar-refractivity contribution in [2.45, 2.75) is 40.0 Å². The first-order chi connectivity index (χ1) is 11.6. The Hall–Kier alpha value is -1.64. The molecule has 6 nitrogen and oxygen atoms in total. The van der Waals surface area contributed by atoms with Crippen molar-refractivity contribution in [1.82, 2.24) is 15.5 Å². The molecule has 1 aromatic heterocycles. The standard InChI is InChI=1S/C18H27N5O.HI/c1-4-16-22-17(24-23-16)15-7-5-14(6-8-15)10-12-21-18(19)20-11-9-13(2)3;/h5-8,13H,4,9-12H2,1-3H3,(H3,19,20,21);1H. The summed E-state index contributed by atoms with van der Waals surface area (Å²) in [7, 11) is 0. The zero-order valence-corrected chi connectivity index (χ0v) is 17.5.